The zero-order valence-electron chi connectivity index (χ0n) is 5.52. The Hall–Kier alpha value is -0.370. The molecule has 0 saturated carbocycles. The molecule has 0 aromatic rings. The molecule has 1 heterocycles. The first-order valence-corrected chi connectivity index (χ1v) is 3.70. The summed E-state index contributed by atoms with van der Waals surface area (Å²) >= 11 is 4.15. The zero-order chi connectivity index (χ0) is 6.69. The van der Waals surface area contributed by atoms with Gasteiger partial charge in [0.15, 0.2) is 0 Å². The lowest BCUT2D eigenvalue weighted by atomic mass is 10.2. The number of allylic oxidation sites excluding steroid dienone is 3. The van der Waals surface area contributed by atoms with Crippen LogP contribution in [-0.4, -0.2) is 5.75 Å². The lowest BCUT2D eigenvalue weighted by Gasteiger charge is -2.12. The zero-order valence-corrected chi connectivity index (χ0v) is 6.41. The molecule has 0 bridgehead atoms. The summed E-state index contributed by atoms with van der Waals surface area (Å²) in [5.74, 6) is 0.811. The Morgan fingerprint density at radius 3 is 2.89 bits per heavy atom. The molecule has 1 aliphatic heterocycles. The quantitative estimate of drug-likeness (QED) is 0.530. The Bertz CT molecular complexity index is 158. The van der Waals surface area contributed by atoms with E-state index in [0.717, 1.165) is 12.2 Å². The van der Waals surface area contributed by atoms with E-state index in [9.17, 15) is 0 Å². The topological polar surface area (TPSA) is 12.0 Å². The summed E-state index contributed by atoms with van der Waals surface area (Å²) in [6.45, 7) is 2.07. The summed E-state index contributed by atoms with van der Waals surface area (Å²) < 4.78 is 0. The van der Waals surface area contributed by atoms with E-state index in [-0.39, 0.29) is 0 Å². The van der Waals surface area contributed by atoms with Crippen molar-refractivity contribution < 1.29 is 0 Å². The summed E-state index contributed by atoms with van der Waals surface area (Å²) in [7, 11) is 0. The lowest BCUT2D eigenvalue weighted by Crippen LogP contribution is -2.14. The average Bonchev–Trinajstić information content (AvgIpc) is 1.88. The van der Waals surface area contributed by atoms with Crippen molar-refractivity contribution in [2.45, 2.75) is 13.3 Å². The summed E-state index contributed by atoms with van der Waals surface area (Å²) in [5.41, 5.74) is 2.46. The Balaban J connectivity index is 2.51. The van der Waals surface area contributed by atoms with E-state index in [1.807, 2.05) is 0 Å². The summed E-state index contributed by atoms with van der Waals surface area (Å²) in [4.78, 5) is 0. The van der Waals surface area contributed by atoms with Gasteiger partial charge < -0.3 is 5.32 Å². The van der Waals surface area contributed by atoms with Crippen LogP contribution in [0.25, 0.3) is 0 Å². The molecule has 0 amide bonds. The minimum atomic E-state index is 0.811. The first-order valence-electron chi connectivity index (χ1n) is 3.06. The van der Waals surface area contributed by atoms with Gasteiger partial charge in [0.25, 0.3) is 0 Å². The summed E-state index contributed by atoms with van der Waals surface area (Å²) in [6, 6.07) is 0. The van der Waals surface area contributed by atoms with Crippen LogP contribution in [0.2, 0.25) is 0 Å². The van der Waals surface area contributed by atoms with Gasteiger partial charge >= 0.3 is 0 Å². The van der Waals surface area contributed by atoms with Crippen LogP contribution < -0.4 is 5.32 Å². The van der Waals surface area contributed by atoms with Gasteiger partial charge in [0.1, 0.15) is 0 Å². The molecule has 0 saturated heterocycles. The SMILES string of the molecule is CC1=CCC=C(CS)N1. The first-order chi connectivity index (χ1) is 4.33. The second-order valence-corrected chi connectivity index (χ2v) is 2.45. The third kappa shape index (κ3) is 1.79. The van der Waals surface area contributed by atoms with Gasteiger partial charge in [0.05, 0.1) is 0 Å². The Labute approximate surface area is 61.2 Å². The van der Waals surface area contributed by atoms with E-state index in [2.05, 4.69) is 37.0 Å². The van der Waals surface area contributed by atoms with Crippen LogP contribution in [-0.2, 0) is 0 Å². The molecule has 0 aromatic carbocycles. The molecule has 50 valence electrons. The molecule has 1 rings (SSSR count). The van der Waals surface area contributed by atoms with Gasteiger partial charge in [0, 0.05) is 17.1 Å². The van der Waals surface area contributed by atoms with Crippen LogP contribution in [0.1, 0.15) is 13.3 Å². The number of nitrogens with one attached hydrogen (secondary N) is 1. The highest BCUT2D eigenvalue weighted by Crippen LogP contribution is 2.06. The van der Waals surface area contributed by atoms with E-state index < -0.39 is 0 Å². The molecule has 0 aliphatic carbocycles. The molecule has 1 N–H and O–H groups in total. The van der Waals surface area contributed by atoms with E-state index in [4.69, 9.17) is 0 Å². The molecule has 0 aromatic heterocycles. The second-order valence-electron chi connectivity index (χ2n) is 2.14. The van der Waals surface area contributed by atoms with Gasteiger partial charge in [0.2, 0.25) is 0 Å². The molecular formula is C7H11NS. The maximum atomic E-state index is 4.15. The van der Waals surface area contributed by atoms with E-state index in [1.165, 1.54) is 11.4 Å². The normalized spacial score (nSPS) is 18.0. The molecule has 0 atom stereocenters. The maximum Gasteiger partial charge on any atom is 0.0302 e. The molecule has 0 spiro atoms. The smallest absolute Gasteiger partial charge is 0.0302 e. The van der Waals surface area contributed by atoms with Crippen molar-refractivity contribution in [2.24, 2.45) is 0 Å². The largest absolute Gasteiger partial charge is 0.362 e. The van der Waals surface area contributed by atoms with Crippen LogP contribution in [0, 0.1) is 0 Å². The number of hydrogen-bond acceptors (Lipinski definition) is 2. The molecule has 0 unspecified atom stereocenters. The van der Waals surface area contributed by atoms with Gasteiger partial charge in [-0.1, -0.05) is 12.2 Å². The molecule has 1 nitrogen and oxygen atoms in total. The van der Waals surface area contributed by atoms with E-state index >= 15 is 0 Å². The minimum Gasteiger partial charge on any atom is -0.362 e. The van der Waals surface area contributed by atoms with E-state index in [0.29, 0.717) is 0 Å². The predicted octanol–water partition coefficient (Wildman–Crippen LogP) is 1.70. The van der Waals surface area contributed by atoms with Gasteiger partial charge in [-0.3, -0.25) is 0 Å². The lowest BCUT2D eigenvalue weighted by molar-refractivity contribution is 0.924. The van der Waals surface area contributed by atoms with Crippen molar-refractivity contribution >= 4 is 12.6 Å². The van der Waals surface area contributed by atoms with Crippen LogP contribution in [0.5, 0.6) is 0 Å². The Morgan fingerprint density at radius 1 is 1.67 bits per heavy atom. The minimum absolute atomic E-state index is 0.811. The Kier molecular flexibility index (Phi) is 2.22. The molecule has 2 heteroatoms. The third-order valence-electron chi connectivity index (χ3n) is 1.32. The Morgan fingerprint density at radius 2 is 2.44 bits per heavy atom. The van der Waals surface area contributed by atoms with Crippen molar-refractivity contribution in [1.29, 1.82) is 0 Å². The van der Waals surface area contributed by atoms with Crippen molar-refractivity contribution in [3.05, 3.63) is 23.5 Å². The van der Waals surface area contributed by atoms with Crippen molar-refractivity contribution in [1.82, 2.24) is 5.32 Å². The van der Waals surface area contributed by atoms with Gasteiger partial charge in [-0.05, 0) is 13.3 Å². The molecule has 1 aliphatic rings. The molecule has 9 heavy (non-hydrogen) atoms. The highest BCUT2D eigenvalue weighted by molar-refractivity contribution is 7.80. The number of hydrogen-bond donors (Lipinski definition) is 2. The van der Waals surface area contributed by atoms with Crippen LogP contribution in [0.4, 0.5) is 0 Å². The van der Waals surface area contributed by atoms with Crippen LogP contribution in [0.3, 0.4) is 0 Å². The van der Waals surface area contributed by atoms with E-state index in [1.54, 1.807) is 0 Å². The highest BCUT2D eigenvalue weighted by atomic mass is 32.1. The number of dihydropyridines is 1. The second kappa shape index (κ2) is 2.97. The fourth-order valence-corrected chi connectivity index (χ4v) is 1.05. The predicted molar refractivity (Wildman–Crippen MR) is 43.4 cm³/mol. The average molecular weight is 141 g/mol. The van der Waals surface area contributed by atoms with Crippen LogP contribution >= 0.6 is 12.6 Å². The fourth-order valence-electron chi connectivity index (χ4n) is 0.837. The van der Waals surface area contributed by atoms with Gasteiger partial charge in [-0.15, -0.1) is 0 Å². The van der Waals surface area contributed by atoms with Crippen molar-refractivity contribution in [3.63, 3.8) is 0 Å². The highest BCUT2D eigenvalue weighted by Gasteiger charge is 1.97. The maximum absolute atomic E-state index is 4.15. The first kappa shape index (κ1) is 6.75. The molecular weight excluding hydrogens is 130 g/mol. The van der Waals surface area contributed by atoms with Crippen molar-refractivity contribution in [3.8, 4) is 0 Å². The monoisotopic (exact) mass is 141 g/mol. The van der Waals surface area contributed by atoms with Crippen LogP contribution in [0.15, 0.2) is 23.5 Å². The number of thiol groups is 1. The summed E-state index contributed by atoms with van der Waals surface area (Å²) in [5, 5.41) is 3.21. The summed E-state index contributed by atoms with van der Waals surface area (Å²) in [6.07, 6.45) is 5.36. The van der Waals surface area contributed by atoms with Gasteiger partial charge in [-0.25, -0.2) is 0 Å². The van der Waals surface area contributed by atoms with Crippen molar-refractivity contribution in [2.75, 3.05) is 5.75 Å². The van der Waals surface area contributed by atoms with Gasteiger partial charge in [-0.2, -0.15) is 12.6 Å². The standard InChI is InChI=1S/C7H11NS/c1-6-3-2-4-7(5-9)8-6/h3-4,8-9H,2,5H2,1H3. The number of rotatable bonds is 1. The molecule has 0 fully saturated rings. The molecule has 0 radical (unpaired) electrons. The third-order valence-corrected chi connectivity index (χ3v) is 1.66. The fraction of sp³-hybridized carbons (Fsp3) is 0.429.